The molecule has 1 N–H and O–H groups in total. The molecule has 2 aliphatic rings. The molecular weight excluding hydrogens is 364 g/mol. The number of carbonyl (C=O) groups excluding carboxylic acids is 2. The third-order valence-electron chi connectivity index (χ3n) is 5.28. The number of nitrogens with zero attached hydrogens (tertiary/aromatic N) is 2. The lowest BCUT2D eigenvalue weighted by atomic mass is 9.98. The van der Waals surface area contributed by atoms with Crippen LogP contribution < -0.4 is 10.2 Å². The summed E-state index contributed by atoms with van der Waals surface area (Å²) < 4.78 is 26.8. The number of nitrogens with one attached hydrogen (secondary N) is 1. The van der Waals surface area contributed by atoms with Gasteiger partial charge in [0.1, 0.15) is 11.6 Å². The maximum atomic E-state index is 13.4. The average molecular weight is 385 g/mol. The largest absolute Gasteiger partial charge is 0.338 e. The molecule has 28 heavy (non-hydrogen) atoms. The summed E-state index contributed by atoms with van der Waals surface area (Å²) in [5, 5.41) is 2.75. The highest BCUT2D eigenvalue weighted by atomic mass is 19.1. The molecule has 2 saturated heterocycles. The standard InChI is InChI=1S/C21H21F2N3O2/c22-17-9-15(10-18(23)12-17)8-14-4-6-25(13-14)20(27)16-2-1-3-19(11-16)26-7-5-24-21(26)28/h1-3,9-12,14H,4-8,13H2,(H,24,28). The van der Waals surface area contributed by atoms with Gasteiger partial charge < -0.3 is 10.2 Å². The first-order chi connectivity index (χ1) is 13.5. The van der Waals surface area contributed by atoms with E-state index < -0.39 is 11.6 Å². The van der Waals surface area contributed by atoms with Gasteiger partial charge in [0.2, 0.25) is 0 Å². The second kappa shape index (κ2) is 7.58. The van der Waals surface area contributed by atoms with E-state index in [1.165, 1.54) is 12.1 Å². The van der Waals surface area contributed by atoms with Crippen molar-refractivity contribution in [3.05, 3.63) is 65.2 Å². The molecule has 2 fully saturated rings. The van der Waals surface area contributed by atoms with E-state index >= 15 is 0 Å². The van der Waals surface area contributed by atoms with Gasteiger partial charge in [0.05, 0.1) is 0 Å². The molecule has 0 spiro atoms. The number of anilines is 1. The number of amides is 3. The van der Waals surface area contributed by atoms with Gasteiger partial charge >= 0.3 is 6.03 Å². The molecule has 0 saturated carbocycles. The third-order valence-corrected chi connectivity index (χ3v) is 5.28. The van der Waals surface area contributed by atoms with E-state index in [1.54, 1.807) is 28.0 Å². The van der Waals surface area contributed by atoms with Gasteiger partial charge in [-0.3, -0.25) is 9.69 Å². The van der Waals surface area contributed by atoms with Crippen molar-refractivity contribution in [3.63, 3.8) is 0 Å². The Balaban J connectivity index is 1.42. The highest BCUT2D eigenvalue weighted by molar-refractivity contribution is 5.98. The number of halogens is 2. The topological polar surface area (TPSA) is 52.7 Å². The van der Waals surface area contributed by atoms with Crippen molar-refractivity contribution in [2.45, 2.75) is 12.8 Å². The molecule has 0 radical (unpaired) electrons. The summed E-state index contributed by atoms with van der Waals surface area (Å²) in [5.74, 6) is -1.08. The monoisotopic (exact) mass is 385 g/mol. The summed E-state index contributed by atoms with van der Waals surface area (Å²) in [7, 11) is 0. The molecule has 2 heterocycles. The lowest BCUT2D eigenvalue weighted by Crippen LogP contribution is -2.30. The highest BCUT2D eigenvalue weighted by Gasteiger charge is 2.28. The molecule has 3 amide bonds. The Morgan fingerprint density at radius 1 is 1.11 bits per heavy atom. The van der Waals surface area contributed by atoms with Gasteiger partial charge in [-0.25, -0.2) is 13.6 Å². The summed E-state index contributed by atoms with van der Waals surface area (Å²) in [5.41, 5.74) is 1.85. The fraction of sp³-hybridized carbons (Fsp3) is 0.333. The van der Waals surface area contributed by atoms with E-state index in [1.807, 2.05) is 6.07 Å². The van der Waals surface area contributed by atoms with Crippen LogP contribution in [-0.2, 0) is 6.42 Å². The van der Waals surface area contributed by atoms with E-state index in [9.17, 15) is 18.4 Å². The molecule has 0 aliphatic carbocycles. The minimum Gasteiger partial charge on any atom is -0.338 e. The predicted octanol–water partition coefficient (Wildman–Crippen LogP) is 3.20. The van der Waals surface area contributed by atoms with Crippen molar-refractivity contribution in [2.24, 2.45) is 5.92 Å². The zero-order chi connectivity index (χ0) is 19.7. The maximum absolute atomic E-state index is 13.4. The number of benzene rings is 2. The van der Waals surface area contributed by atoms with E-state index in [4.69, 9.17) is 0 Å². The van der Waals surface area contributed by atoms with E-state index in [0.29, 0.717) is 49.4 Å². The van der Waals surface area contributed by atoms with Crippen LogP contribution in [0.2, 0.25) is 0 Å². The average Bonchev–Trinajstić information content (AvgIpc) is 3.29. The molecule has 1 atom stereocenters. The Hall–Kier alpha value is -2.96. The first-order valence-corrected chi connectivity index (χ1v) is 9.39. The molecule has 1 unspecified atom stereocenters. The number of hydrogen-bond donors (Lipinski definition) is 1. The summed E-state index contributed by atoms with van der Waals surface area (Å²) in [6, 6.07) is 10.5. The summed E-state index contributed by atoms with van der Waals surface area (Å²) in [6.07, 6.45) is 1.32. The Morgan fingerprint density at radius 2 is 1.89 bits per heavy atom. The zero-order valence-electron chi connectivity index (χ0n) is 15.3. The number of urea groups is 1. The second-order valence-corrected chi connectivity index (χ2v) is 7.32. The van der Waals surface area contributed by atoms with Gasteiger partial charge in [0.15, 0.2) is 0 Å². The van der Waals surface area contributed by atoms with Crippen LogP contribution in [0.25, 0.3) is 0 Å². The molecule has 2 aromatic rings. The number of rotatable bonds is 4. The molecule has 0 bridgehead atoms. The minimum atomic E-state index is -0.580. The van der Waals surface area contributed by atoms with Gasteiger partial charge in [-0.1, -0.05) is 6.07 Å². The summed E-state index contributed by atoms with van der Waals surface area (Å²) in [4.78, 5) is 28.1. The van der Waals surface area contributed by atoms with Crippen LogP contribution >= 0.6 is 0 Å². The molecule has 0 aromatic heterocycles. The van der Waals surface area contributed by atoms with Crippen molar-refractivity contribution in [1.82, 2.24) is 10.2 Å². The SMILES string of the molecule is O=C(c1cccc(N2CCNC2=O)c1)N1CCC(Cc2cc(F)cc(F)c2)C1. The third kappa shape index (κ3) is 3.83. The van der Waals surface area contributed by atoms with Gasteiger partial charge in [-0.15, -0.1) is 0 Å². The van der Waals surface area contributed by atoms with Crippen LogP contribution in [0.5, 0.6) is 0 Å². The lowest BCUT2D eigenvalue weighted by molar-refractivity contribution is 0.0787. The van der Waals surface area contributed by atoms with Crippen LogP contribution in [-0.4, -0.2) is 43.0 Å². The number of likely N-dealkylation sites (tertiary alicyclic amines) is 1. The minimum absolute atomic E-state index is 0.0885. The molecule has 5 nitrogen and oxygen atoms in total. The first-order valence-electron chi connectivity index (χ1n) is 9.39. The number of hydrogen-bond acceptors (Lipinski definition) is 2. The highest BCUT2D eigenvalue weighted by Crippen LogP contribution is 2.25. The van der Waals surface area contributed by atoms with Gasteiger partial charge in [0.25, 0.3) is 5.91 Å². The van der Waals surface area contributed by atoms with Crippen LogP contribution in [0.15, 0.2) is 42.5 Å². The van der Waals surface area contributed by atoms with Crippen LogP contribution in [0.3, 0.4) is 0 Å². The van der Waals surface area contributed by atoms with Crippen molar-refractivity contribution in [1.29, 1.82) is 0 Å². The van der Waals surface area contributed by atoms with E-state index in [2.05, 4.69) is 5.32 Å². The van der Waals surface area contributed by atoms with E-state index in [0.717, 1.165) is 12.5 Å². The van der Waals surface area contributed by atoms with Crippen LogP contribution in [0, 0.1) is 17.6 Å². The molecular formula is C21H21F2N3O2. The number of carbonyl (C=O) groups is 2. The maximum Gasteiger partial charge on any atom is 0.321 e. The quantitative estimate of drug-likeness (QED) is 0.879. The summed E-state index contributed by atoms with van der Waals surface area (Å²) >= 11 is 0. The first kappa shape index (κ1) is 18.4. The molecule has 146 valence electrons. The summed E-state index contributed by atoms with van der Waals surface area (Å²) in [6.45, 7) is 2.32. The molecule has 2 aliphatic heterocycles. The fourth-order valence-electron chi connectivity index (χ4n) is 3.95. The lowest BCUT2D eigenvalue weighted by Gasteiger charge is -2.19. The van der Waals surface area contributed by atoms with Crippen molar-refractivity contribution in [2.75, 3.05) is 31.1 Å². The van der Waals surface area contributed by atoms with Gasteiger partial charge in [-0.05, 0) is 54.7 Å². The van der Waals surface area contributed by atoms with Crippen LogP contribution in [0.4, 0.5) is 19.3 Å². The Labute approximate surface area is 161 Å². The molecule has 7 heteroatoms. The van der Waals surface area contributed by atoms with E-state index in [-0.39, 0.29) is 17.9 Å². The Morgan fingerprint density at radius 3 is 2.61 bits per heavy atom. The predicted molar refractivity (Wildman–Crippen MR) is 101 cm³/mol. The van der Waals surface area contributed by atoms with Crippen molar-refractivity contribution in [3.8, 4) is 0 Å². The van der Waals surface area contributed by atoms with Gasteiger partial charge in [-0.2, -0.15) is 0 Å². The fourth-order valence-corrected chi connectivity index (χ4v) is 3.95. The smallest absolute Gasteiger partial charge is 0.321 e. The van der Waals surface area contributed by atoms with Gasteiger partial charge in [0, 0.05) is 43.5 Å². The normalized spacial score (nSPS) is 19.2. The van der Waals surface area contributed by atoms with Crippen molar-refractivity contribution < 1.29 is 18.4 Å². The second-order valence-electron chi connectivity index (χ2n) is 7.32. The Bertz CT molecular complexity index is 898. The molecule has 2 aromatic carbocycles. The van der Waals surface area contributed by atoms with Crippen molar-refractivity contribution >= 4 is 17.6 Å². The Kier molecular flexibility index (Phi) is 4.98. The van der Waals surface area contributed by atoms with Crippen LogP contribution in [0.1, 0.15) is 22.3 Å². The zero-order valence-corrected chi connectivity index (χ0v) is 15.3. The molecule has 4 rings (SSSR count).